The molecule has 0 bridgehead atoms. The summed E-state index contributed by atoms with van der Waals surface area (Å²) in [4.78, 5) is 4.47. The van der Waals surface area contributed by atoms with E-state index in [0.717, 1.165) is 35.6 Å². The van der Waals surface area contributed by atoms with E-state index in [9.17, 15) is 0 Å². The fourth-order valence-electron chi connectivity index (χ4n) is 2.35. The van der Waals surface area contributed by atoms with E-state index in [2.05, 4.69) is 42.3 Å². The highest BCUT2D eigenvalue weighted by molar-refractivity contribution is 5.77. The van der Waals surface area contributed by atoms with Crippen LogP contribution in [0.5, 0.6) is 0 Å². The third kappa shape index (κ3) is 2.92. The van der Waals surface area contributed by atoms with Gasteiger partial charge in [0.1, 0.15) is 5.52 Å². The molecule has 3 heteroatoms. The minimum Gasteiger partial charge on any atom is -0.441 e. The van der Waals surface area contributed by atoms with Crippen LogP contribution >= 0.6 is 0 Å². The maximum absolute atomic E-state index is 5.62. The number of nitrogens with one attached hydrogen (secondary N) is 1. The van der Waals surface area contributed by atoms with Gasteiger partial charge in [0.2, 0.25) is 0 Å². The van der Waals surface area contributed by atoms with Crippen molar-refractivity contribution in [1.82, 2.24) is 4.98 Å². The molecule has 21 heavy (non-hydrogen) atoms. The van der Waals surface area contributed by atoms with Gasteiger partial charge in [-0.3, -0.25) is 0 Å². The maximum atomic E-state index is 5.62. The van der Waals surface area contributed by atoms with Gasteiger partial charge in [-0.25, -0.2) is 4.98 Å². The smallest absolute Gasteiger partial charge is 0.195 e. The zero-order chi connectivity index (χ0) is 14.8. The van der Waals surface area contributed by atoms with Gasteiger partial charge in [0.25, 0.3) is 0 Å². The Morgan fingerprint density at radius 1 is 1.05 bits per heavy atom. The molecule has 0 spiro atoms. The zero-order valence-electron chi connectivity index (χ0n) is 12.7. The minimum atomic E-state index is 0.788. The lowest BCUT2D eigenvalue weighted by Crippen LogP contribution is -1.99. The van der Waals surface area contributed by atoms with Gasteiger partial charge in [0.05, 0.1) is 0 Å². The molecule has 0 aliphatic heterocycles. The number of fused-ring (bicyclic) bond motifs is 1. The van der Waals surface area contributed by atoms with E-state index in [4.69, 9.17) is 4.42 Å². The molecule has 1 N–H and O–H groups in total. The second-order valence-electron chi connectivity index (χ2n) is 5.42. The summed E-state index contributed by atoms with van der Waals surface area (Å²) in [5.74, 6) is 0.788. The summed E-state index contributed by atoms with van der Waals surface area (Å²) in [6.07, 6.45) is 0.820. The average molecular weight is 280 g/mol. The first kappa shape index (κ1) is 13.7. The molecule has 3 rings (SSSR count). The lowest BCUT2D eigenvalue weighted by molar-refractivity contribution is 0.538. The van der Waals surface area contributed by atoms with Crippen molar-refractivity contribution in [3.05, 3.63) is 59.0 Å². The number of oxazole rings is 1. The Bertz CT molecular complexity index is 774. The van der Waals surface area contributed by atoms with Crippen LogP contribution in [-0.2, 0) is 13.0 Å². The first-order chi connectivity index (χ1) is 10.2. The summed E-state index contributed by atoms with van der Waals surface area (Å²) in [6, 6.07) is 12.6. The molecule has 0 saturated heterocycles. The van der Waals surface area contributed by atoms with Crippen LogP contribution in [0.2, 0.25) is 0 Å². The lowest BCUT2D eigenvalue weighted by atomic mass is 10.1. The highest BCUT2D eigenvalue weighted by atomic mass is 16.3. The van der Waals surface area contributed by atoms with E-state index in [1.165, 1.54) is 16.7 Å². The molecule has 1 aromatic heterocycles. The van der Waals surface area contributed by atoms with Crippen LogP contribution in [0.1, 0.15) is 29.5 Å². The molecular formula is C18H20N2O. The highest BCUT2D eigenvalue weighted by Gasteiger charge is 2.05. The fourth-order valence-corrected chi connectivity index (χ4v) is 2.35. The molecule has 0 unspecified atom stereocenters. The van der Waals surface area contributed by atoms with Gasteiger partial charge < -0.3 is 9.73 Å². The van der Waals surface area contributed by atoms with Crippen LogP contribution in [0.4, 0.5) is 5.69 Å². The van der Waals surface area contributed by atoms with Gasteiger partial charge in [0.15, 0.2) is 11.5 Å². The molecule has 1 heterocycles. The number of aryl methyl sites for hydroxylation is 3. The summed E-state index contributed by atoms with van der Waals surface area (Å²) in [5.41, 5.74) is 6.77. The molecule has 0 saturated carbocycles. The molecule has 3 aromatic rings. The Morgan fingerprint density at radius 3 is 2.67 bits per heavy atom. The molecule has 0 aliphatic rings. The molecule has 0 radical (unpaired) electrons. The second kappa shape index (κ2) is 5.60. The summed E-state index contributed by atoms with van der Waals surface area (Å²) in [6.45, 7) is 7.14. The zero-order valence-corrected chi connectivity index (χ0v) is 12.7. The predicted molar refractivity (Wildman–Crippen MR) is 86.6 cm³/mol. The number of hydrogen-bond acceptors (Lipinski definition) is 3. The Balaban J connectivity index is 1.76. The van der Waals surface area contributed by atoms with Gasteiger partial charge in [-0.2, -0.15) is 0 Å². The maximum Gasteiger partial charge on any atom is 0.195 e. The van der Waals surface area contributed by atoms with E-state index >= 15 is 0 Å². The number of aromatic nitrogens is 1. The number of anilines is 1. The Labute approximate surface area is 125 Å². The average Bonchev–Trinajstić information content (AvgIpc) is 2.90. The van der Waals surface area contributed by atoms with Crippen LogP contribution in [0, 0.1) is 13.8 Å². The van der Waals surface area contributed by atoms with Gasteiger partial charge in [-0.15, -0.1) is 0 Å². The molecule has 0 atom stereocenters. The standard InChI is InChI=1S/C18H20N2O/c1-4-18-20-16-10-15(7-8-17(16)21-18)19-11-14-6-5-12(2)13(3)9-14/h5-10,19H,4,11H2,1-3H3. The predicted octanol–water partition coefficient (Wildman–Crippen LogP) is 4.62. The SMILES string of the molecule is CCc1nc2cc(NCc3ccc(C)c(C)c3)ccc2o1. The van der Waals surface area contributed by atoms with Crippen molar-refractivity contribution in [3.63, 3.8) is 0 Å². The van der Waals surface area contributed by atoms with Gasteiger partial charge in [0, 0.05) is 18.7 Å². The molecule has 108 valence electrons. The summed E-state index contributed by atoms with van der Waals surface area (Å²) < 4.78 is 5.62. The van der Waals surface area contributed by atoms with Crippen molar-refractivity contribution in [3.8, 4) is 0 Å². The lowest BCUT2D eigenvalue weighted by Gasteiger charge is -2.08. The monoisotopic (exact) mass is 280 g/mol. The Hall–Kier alpha value is -2.29. The molecule has 0 amide bonds. The number of rotatable bonds is 4. The van der Waals surface area contributed by atoms with Crippen LogP contribution < -0.4 is 5.32 Å². The number of benzene rings is 2. The van der Waals surface area contributed by atoms with Crippen molar-refractivity contribution in [2.24, 2.45) is 0 Å². The van der Waals surface area contributed by atoms with Crippen molar-refractivity contribution in [2.45, 2.75) is 33.7 Å². The quantitative estimate of drug-likeness (QED) is 0.757. The topological polar surface area (TPSA) is 38.1 Å². The minimum absolute atomic E-state index is 0.788. The molecule has 0 fully saturated rings. The summed E-state index contributed by atoms with van der Waals surface area (Å²) >= 11 is 0. The van der Waals surface area contributed by atoms with Crippen molar-refractivity contribution >= 4 is 16.8 Å². The van der Waals surface area contributed by atoms with E-state index in [1.807, 2.05) is 25.1 Å². The largest absolute Gasteiger partial charge is 0.441 e. The third-order valence-corrected chi connectivity index (χ3v) is 3.80. The Morgan fingerprint density at radius 2 is 1.90 bits per heavy atom. The first-order valence-corrected chi connectivity index (χ1v) is 7.35. The molecule has 2 aromatic carbocycles. The van der Waals surface area contributed by atoms with E-state index in [1.54, 1.807) is 0 Å². The normalized spacial score (nSPS) is 11.0. The Kier molecular flexibility index (Phi) is 3.65. The molecular weight excluding hydrogens is 260 g/mol. The summed E-state index contributed by atoms with van der Waals surface area (Å²) in [5, 5.41) is 3.45. The second-order valence-corrected chi connectivity index (χ2v) is 5.42. The number of hydrogen-bond donors (Lipinski definition) is 1. The van der Waals surface area contributed by atoms with Gasteiger partial charge >= 0.3 is 0 Å². The van der Waals surface area contributed by atoms with Crippen LogP contribution in [-0.4, -0.2) is 4.98 Å². The first-order valence-electron chi connectivity index (χ1n) is 7.35. The third-order valence-electron chi connectivity index (χ3n) is 3.80. The van der Waals surface area contributed by atoms with Crippen LogP contribution in [0.15, 0.2) is 40.8 Å². The van der Waals surface area contributed by atoms with Crippen molar-refractivity contribution < 1.29 is 4.42 Å². The molecule has 0 aliphatic carbocycles. The summed E-state index contributed by atoms with van der Waals surface area (Å²) in [7, 11) is 0. The van der Waals surface area contributed by atoms with Crippen molar-refractivity contribution in [1.29, 1.82) is 0 Å². The van der Waals surface area contributed by atoms with Crippen LogP contribution in [0.3, 0.4) is 0 Å². The number of nitrogens with zero attached hydrogens (tertiary/aromatic N) is 1. The van der Waals surface area contributed by atoms with E-state index in [0.29, 0.717) is 0 Å². The molecule has 3 nitrogen and oxygen atoms in total. The highest BCUT2D eigenvalue weighted by Crippen LogP contribution is 2.21. The van der Waals surface area contributed by atoms with E-state index in [-0.39, 0.29) is 0 Å². The van der Waals surface area contributed by atoms with Gasteiger partial charge in [-0.1, -0.05) is 25.1 Å². The van der Waals surface area contributed by atoms with Crippen molar-refractivity contribution in [2.75, 3.05) is 5.32 Å². The van der Waals surface area contributed by atoms with E-state index < -0.39 is 0 Å². The van der Waals surface area contributed by atoms with Crippen LogP contribution in [0.25, 0.3) is 11.1 Å². The van der Waals surface area contributed by atoms with Gasteiger partial charge in [-0.05, 0) is 48.7 Å². The fraction of sp³-hybridized carbons (Fsp3) is 0.278.